The smallest absolute Gasteiger partial charge is 0.179 e. The van der Waals surface area contributed by atoms with Gasteiger partial charge in [0.05, 0.1) is 7.11 Å². The molecule has 1 fully saturated rings. The molecule has 0 unspecified atom stereocenters. The minimum absolute atomic E-state index is 0.211. The highest BCUT2D eigenvalue weighted by atomic mass is 32.2. The van der Waals surface area contributed by atoms with Gasteiger partial charge in [0, 0.05) is 11.8 Å². The van der Waals surface area contributed by atoms with Crippen LogP contribution in [0.2, 0.25) is 0 Å². The van der Waals surface area contributed by atoms with Gasteiger partial charge in [-0.1, -0.05) is 6.07 Å². The maximum absolute atomic E-state index is 11.5. The fourth-order valence-corrected chi connectivity index (χ4v) is 2.53. The Morgan fingerprint density at radius 1 is 1.38 bits per heavy atom. The van der Waals surface area contributed by atoms with Gasteiger partial charge in [0.15, 0.2) is 9.84 Å². The standard InChI is InChI=1S/C11H15NO3S/c1-15-9-7-8(11(12)5-6-11)3-4-10(9)16(2,13)14/h3-4,7H,5-6,12H2,1-2H3. The van der Waals surface area contributed by atoms with Crippen LogP contribution in [0.1, 0.15) is 18.4 Å². The fourth-order valence-electron chi connectivity index (χ4n) is 1.71. The molecule has 16 heavy (non-hydrogen) atoms. The van der Waals surface area contributed by atoms with E-state index < -0.39 is 9.84 Å². The monoisotopic (exact) mass is 241 g/mol. The molecule has 1 aromatic carbocycles. The Labute approximate surface area is 95.3 Å². The number of hydrogen-bond donors (Lipinski definition) is 1. The molecule has 88 valence electrons. The molecule has 5 heteroatoms. The fraction of sp³-hybridized carbons (Fsp3) is 0.455. The number of methoxy groups -OCH3 is 1. The molecule has 0 atom stereocenters. The van der Waals surface area contributed by atoms with E-state index in [1.54, 1.807) is 18.2 Å². The number of rotatable bonds is 3. The minimum Gasteiger partial charge on any atom is -0.495 e. The summed E-state index contributed by atoms with van der Waals surface area (Å²) in [6.07, 6.45) is 3.04. The SMILES string of the molecule is COc1cc(C2(N)CC2)ccc1S(C)(=O)=O. The molecule has 0 heterocycles. The van der Waals surface area contributed by atoms with Gasteiger partial charge in [-0.05, 0) is 30.5 Å². The van der Waals surface area contributed by atoms with Gasteiger partial charge in [-0.15, -0.1) is 0 Å². The third-order valence-corrected chi connectivity index (χ3v) is 4.06. The van der Waals surface area contributed by atoms with Gasteiger partial charge >= 0.3 is 0 Å². The summed E-state index contributed by atoms with van der Waals surface area (Å²) in [5.41, 5.74) is 6.71. The quantitative estimate of drug-likeness (QED) is 0.858. The van der Waals surface area contributed by atoms with Crippen molar-refractivity contribution in [1.82, 2.24) is 0 Å². The van der Waals surface area contributed by atoms with E-state index in [-0.39, 0.29) is 10.4 Å². The largest absolute Gasteiger partial charge is 0.495 e. The number of benzene rings is 1. The van der Waals surface area contributed by atoms with Crippen molar-refractivity contribution in [1.29, 1.82) is 0 Å². The predicted molar refractivity (Wildman–Crippen MR) is 61.2 cm³/mol. The van der Waals surface area contributed by atoms with Crippen LogP contribution in [0.5, 0.6) is 5.75 Å². The van der Waals surface area contributed by atoms with E-state index in [0.717, 1.165) is 18.4 Å². The van der Waals surface area contributed by atoms with E-state index in [9.17, 15) is 8.42 Å². The third kappa shape index (κ3) is 1.92. The molecular weight excluding hydrogens is 226 g/mol. The van der Waals surface area contributed by atoms with Crippen molar-refractivity contribution >= 4 is 9.84 Å². The van der Waals surface area contributed by atoms with Gasteiger partial charge in [-0.25, -0.2) is 8.42 Å². The molecule has 0 spiro atoms. The van der Waals surface area contributed by atoms with Gasteiger partial charge < -0.3 is 10.5 Å². The third-order valence-electron chi connectivity index (χ3n) is 2.93. The minimum atomic E-state index is -3.25. The molecule has 1 saturated carbocycles. The molecular formula is C11H15NO3S. The molecule has 1 aromatic rings. The van der Waals surface area contributed by atoms with Crippen molar-refractivity contribution in [2.24, 2.45) is 5.73 Å². The van der Waals surface area contributed by atoms with E-state index in [4.69, 9.17) is 10.5 Å². The molecule has 0 radical (unpaired) electrons. The van der Waals surface area contributed by atoms with Crippen LogP contribution >= 0.6 is 0 Å². The molecule has 0 aliphatic heterocycles. The van der Waals surface area contributed by atoms with Gasteiger partial charge in [0.2, 0.25) is 0 Å². The lowest BCUT2D eigenvalue weighted by Crippen LogP contribution is -2.19. The van der Waals surface area contributed by atoms with Crippen LogP contribution < -0.4 is 10.5 Å². The Morgan fingerprint density at radius 2 is 2.00 bits per heavy atom. The highest BCUT2D eigenvalue weighted by Crippen LogP contribution is 2.44. The summed E-state index contributed by atoms with van der Waals surface area (Å²) in [4.78, 5) is 0.211. The first-order valence-electron chi connectivity index (χ1n) is 5.04. The van der Waals surface area contributed by atoms with Crippen LogP contribution in [0.25, 0.3) is 0 Å². The Hall–Kier alpha value is -1.07. The van der Waals surface area contributed by atoms with Crippen molar-refractivity contribution in [3.05, 3.63) is 23.8 Å². The van der Waals surface area contributed by atoms with Crippen LogP contribution in [0.4, 0.5) is 0 Å². The van der Waals surface area contributed by atoms with Crippen LogP contribution in [-0.2, 0) is 15.4 Å². The van der Waals surface area contributed by atoms with E-state index in [1.807, 2.05) is 0 Å². The summed E-state index contributed by atoms with van der Waals surface area (Å²) >= 11 is 0. The topological polar surface area (TPSA) is 69.4 Å². The molecule has 2 rings (SSSR count). The predicted octanol–water partition coefficient (Wildman–Crippen LogP) is 1.05. The number of ether oxygens (including phenoxy) is 1. The molecule has 1 aliphatic rings. The zero-order chi connectivity index (χ0) is 12.0. The van der Waals surface area contributed by atoms with Crippen LogP contribution in [-0.4, -0.2) is 21.8 Å². The second kappa shape index (κ2) is 3.46. The second-order valence-corrected chi connectivity index (χ2v) is 6.28. The zero-order valence-corrected chi connectivity index (χ0v) is 10.2. The van der Waals surface area contributed by atoms with Crippen molar-refractivity contribution in [2.75, 3.05) is 13.4 Å². The molecule has 0 amide bonds. The summed E-state index contributed by atoms with van der Waals surface area (Å²) in [7, 11) is -1.79. The van der Waals surface area contributed by atoms with Gasteiger partial charge in [-0.2, -0.15) is 0 Å². The normalized spacial score (nSPS) is 18.2. The number of nitrogens with two attached hydrogens (primary N) is 1. The highest BCUT2D eigenvalue weighted by molar-refractivity contribution is 7.90. The molecule has 2 N–H and O–H groups in total. The summed E-state index contributed by atoms with van der Waals surface area (Å²) in [5.74, 6) is 0.372. The number of sulfone groups is 1. The van der Waals surface area contributed by atoms with Gasteiger partial charge in [-0.3, -0.25) is 0 Å². The van der Waals surface area contributed by atoms with Crippen molar-refractivity contribution in [3.63, 3.8) is 0 Å². The lowest BCUT2D eigenvalue weighted by Gasteiger charge is -2.13. The second-order valence-electron chi connectivity index (χ2n) is 4.29. The van der Waals surface area contributed by atoms with Crippen molar-refractivity contribution in [3.8, 4) is 5.75 Å². The molecule has 1 aliphatic carbocycles. The summed E-state index contributed by atoms with van der Waals surface area (Å²) in [5, 5.41) is 0. The Kier molecular flexibility index (Phi) is 2.47. The average molecular weight is 241 g/mol. The summed E-state index contributed by atoms with van der Waals surface area (Å²) in [6.45, 7) is 0. The lowest BCUT2D eigenvalue weighted by molar-refractivity contribution is 0.401. The molecule has 0 aromatic heterocycles. The maximum atomic E-state index is 11.5. The number of hydrogen-bond acceptors (Lipinski definition) is 4. The Morgan fingerprint density at radius 3 is 2.44 bits per heavy atom. The van der Waals surface area contributed by atoms with Crippen LogP contribution in [0, 0.1) is 0 Å². The first kappa shape index (κ1) is 11.4. The van der Waals surface area contributed by atoms with Crippen molar-refractivity contribution in [2.45, 2.75) is 23.3 Å². The van der Waals surface area contributed by atoms with E-state index in [2.05, 4.69) is 0 Å². The van der Waals surface area contributed by atoms with Crippen LogP contribution in [0.3, 0.4) is 0 Å². The summed E-state index contributed by atoms with van der Waals surface area (Å²) in [6, 6.07) is 5.06. The Bertz CT molecular complexity index is 518. The summed E-state index contributed by atoms with van der Waals surface area (Å²) < 4.78 is 28.1. The average Bonchev–Trinajstić information content (AvgIpc) is 2.95. The lowest BCUT2D eigenvalue weighted by atomic mass is 10.1. The molecule has 4 nitrogen and oxygen atoms in total. The van der Waals surface area contributed by atoms with Gasteiger partial charge in [0.25, 0.3) is 0 Å². The molecule has 0 bridgehead atoms. The molecule has 0 saturated heterocycles. The Balaban J connectivity index is 2.51. The van der Waals surface area contributed by atoms with Crippen LogP contribution in [0.15, 0.2) is 23.1 Å². The van der Waals surface area contributed by atoms with E-state index in [0.29, 0.717) is 5.75 Å². The van der Waals surface area contributed by atoms with E-state index >= 15 is 0 Å². The van der Waals surface area contributed by atoms with Gasteiger partial charge in [0.1, 0.15) is 10.6 Å². The highest BCUT2D eigenvalue weighted by Gasteiger charge is 2.40. The zero-order valence-electron chi connectivity index (χ0n) is 9.36. The first-order chi connectivity index (χ1) is 7.37. The first-order valence-corrected chi connectivity index (χ1v) is 6.93. The van der Waals surface area contributed by atoms with E-state index in [1.165, 1.54) is 13.4 Å². The maximum Gasteiger partial charge on any atom is 0.179 e. The van der Waals surface area contributed by atoms with Crippen molar-refractivity contribution < 1.29 is 13.2 Å².